The highest BCUT2D eigenvalue weighted by Gasteiger charge is 2.24. The minimum Gasteiger partial charge on any atom is -0.309 e. The summed E-state index contributed by atoms with van der Waals surface area (Å²) < 4.78 is 5.03. The van der Waals surface area contributed by atoms with Crippen molar-refractivity contribution in [1.29, 1.82) is 0 Å². The Bertz CT molecular complexity index is 3750. The Kier molecular flexibility index (Phi) is 10.5. The Balaban J connectivity index is 1.15. The van der Waals surface area contributed by atoms with E-state index in [1.165, 1.54) is 127 Å². The smallest absolute Gasteiger partial charge is 0.0541 e. The zero-order valence-corrected chi connectivity index (χ0v) is 43.7. The van der Waals surface area contributed by atoms with Gasteiger partial charge in [-0.2, -0.15) is 0 Å². The highest BCUT2D eigenvalue weighted by atomic mass is 15.0. The minimum atomic E-state index is 0.0254. The van der Waals surface area contributed by atoms with E-state index in [0.717, 1.165) is 6.42 Å². The summed E-state index contributed by atoms with van der Waals surface area (Å²) in [6.07, 6.45) is 0.805. The van der Waals surface area contributed by atoms with Gasteiger partial charge in [0.15, 0.2) is 0 Å². The second kappa shape index (κ2) is 16.1. The van der Waals surface area contributed by atoms with Crippen LogP contribution in [0.1, 0.15) is 122 Å². The summed E-state index contributed by atoms with van der Waals surface area (Å²) in [5.41, 5.74) is 19.1. The van der Waals surface area contributed by atoms with E-state index in [0.29, 0.717) is 0 Å². The van der Waals surface area contributed by atoms with Gasteiger partial charge in [0.05, 0.1) is 22.1 Å². The van der Waals surface area contributed by atoms with Crippen LogP contribution in [0.2, 0.25) is 0 Å². The quantitative estimate of drug-likeness (QED) is 0.152. The van der Waals surface area contributed by atoms with Crippen LogP contribution in [0.3, 0.4) is 0 Å². The number of aryl methyl sites for hydroxylation is 1. The predicted octanol–water partition coefficient (Wildman–Crippen LogP) is 18.9. The van der Waals surface area contributed by atoms with Crippen LogP contribution in [0.4, 0.5) is 0 Å². The van der Waals surface area contributed by atoms with E-state index in [4.69, 9.17) is 0 Å². The van der Waals surface area contributed by atoms with Gasteiger partial charge >= 0.3 is 0 Å². The fourth-order valence-corrected chi connectivity index (χ4v) is 10.9. The van der Waals surface area contributed by atoms with Crippen molar-refractivity contribution in [2.75, 3.05) is 0 Å². The van der Waals surface area contributed by atoms with Crippen molar-refractivity contribution in [3.63, 3.8) is 0 Å². The lowest BCUT2D eigenvalue weighted by Crippen LogP contribution is -2.10. The van der Waals surface area contributed by atoms with Gasteiger partial charge in [0.2, 0.25) is 0 Å². The molecule has 0 saturated heterocycles. The largest absolute Gasteiger partial charge is 0.309 e. The van der Waals surface area contributed by atoms with E-state index in [-0.39, 0.29) is 21.7 Å². The van der Waals surface area contributed by atoms with Crippen molar-refractivity contribution in [3.8, 4) is 22.5 Å². The maximum absolute atomic E-state index is 2.52. The summed E-state index contributed by atoms with van der Waals surface area (Å²) in [5.74, 6) is 0. The third kappa shape index (κ3) is 7.90. The van der Waals surface area contributed by atoms with Crippen molar-refractivity contribution < 1.29 is 0 Å². The van der Waals surface area contributed by atoms with Crippen molar-refractivity contribution >= 4 is 65.2 Å². The van der Waals surface area contributed by atoms with Crippen LogP contribution >= 0.6 is 0 Å². The number of nitrogens with zero attached hydrogens (tertiary/aromatic N) is 2. The van der Waals surface area contributed by atoms with Gasteiger partial charge in [-0.15, -0.1) is 0 Å². The molecule has 350 valence electrons. The van der Waals surface area contributed by atoms with Gasteiger partial charge in [-0.05, 0) is 192 Å². The van der Waals surface area contributed by atoms with Crippen LogP contribution in [0.5, 0.6) is 0 Å². The van der Waals surface area contributed by atoms with E-state index >= 15 is 0 Å². The molecular formula is C68H68N2. The summed E-state index contributed by atoms with van der Waals surface area (Å²) in [7, 11) is 0. The Morgan fingerprint density at radius 2 is 0.714 bits per heavy atom. The molecule has 11 rings (SSSR count). The summed E-state index contributed by atoms with van der Waals surface area (Å²) >= 11 is 0. The molecule has 0 saturated carbocycles. The number of fused-ring (bicyclic) bond motifs is 8. The first kappa shape index (κ1) is 45.5. The molecule has 0 spiro atoms. The van der Waals surface area contributed by atoms with Gasteiger partial charge in [-0.1, -0.05) is 162 Å². The molecule has 70 heavy (non-hydrogen) atoms. The molecule has 0 aliphatic heterocycles. The Morgan fingerprint density at radius 3 is 1.14 bits per heavy atom. The van der Waals surface area contributed by atoms with Crippen LogP contribution < -0.4 is 0 Å². The summed E-state index contributed by atoms with van der Waals surface area (Å²) in [6, 6.07) is 63.5. The van der Waals surface area contributed by atoms with Crippen molar-refractivity contribution in [3.05, 3.63) is 203 Å². The normalized spacial score (nSPS) is 13.0. The molecule has 2 nitrogen and oxygen atoms in total. The molecule has 2 heteroatoms. The zero-order chi connectivity index (χ0) is 49.2. The molecule has 0 atom stereocenters. The van der Waals surface area contributed by atoms with Crippen LogP contribution in [-0.4, -0.2) is 9.13 Å². The number of hydrogen-bond acceptors (Lipinski definition) is 0. The summed E-state index contributed by atoms with van der Waals surface area (Å²) in [6.45, 7) is 30.1. The molecule has 2 heterocycles. The monoisotopic (exact) mass is 913 g/mol. The standard InChI is InChI=1S/C68H68N2/c1-42-18-26-53(69-61-28-22-49(65(2,3)4)36-57(61)58-37-50(66(5,6)7)23-29-62(58)69)40-55(42)56-41-54(27-21-47(56)32-43-19-20-46-34-44-16-14-15-17-45(44)35-48(46)33-43)70-63-30-24-51(67(8,9)10)38-59(63)60-39-52(68(11,12)13)25-31-64(60)70/h14-31,33-41H,32H2,1-13H3. The first-order valence-electron chi connectivity index (χ1n) is 25.4. The molecule has 0 amide bonds. The predicted molar refractivity (Wildman–Crippen MR) is 304 cm³/mol. The second-order valence-corrected chi connectivity index (χ2v) is 24.5. The maximum Gasteiger partial charge on any atom is 0.0541 e. The molecule has 0 fully saturated rings. The van der Waals surface area contributed by atoms with E-state index < -0.39 is 0 Å². The Labute approximate surface area is 415 Å². The molecule has 0 radical (unpaired) electrons. The molecule has 0 unspecified atom stereocenters. The number of aromatic nitrogens is 2. The van der Waals surface area contributed by atoms with Crippen LogP contribution in [-0.2, 0) is 28.1 Å². The van der Waals surface area contributed by atoms with Gasteiger partial charge < -0.3 is 9.13 Å². The second-order valence-electron chi connectivity index (χ2n) is 24.5. The third-order valence-electron chi connectivity index (χ3n) is 15.3. The Morgan fingerprint density at radius 1 is 0.329 bits per heavy atom. The van der Waals surface area contributed by atoms with Crippen molar-refractivity contribution in [1.82, 2.24) is 9.13 Å². The van der Waals surface area contributed by atoms with Crippen LogP contribution in [0.15, 0.2) is 164 Å². The van der Waals surface area contributed by atoms with E-state index in [1.807, 2.05) is 0 Å². The van der Waals surface area contributed by atoms with Gasteiger partial charge in [-0.25, -0.2) is 0 Å². The highest BCUT2D eigenvalue weighted by Crippen LogP contribution is 2.42. The van der Waals surface area contributed by atoms with Crippen LogP contribution in [0, 0.1) is 6.92 Å². The van der Waals surface area contributed by atoms with Gasteiger partial charge in [0.25, 0.3) is 0 Å². The Hall–Kier alpha value is -6.90. The maximum atomic E-state index is 2.52. The summed E-state index contributed by atoms with van der Waals surface area (Å²) in [4.78, 5) is 0. The average molecular weight is 913 g/mol. The molecule has 0 N–H and O–H groups in total. The molecule has 2 aromatic heterocycles. The first-order valence-corrected chi connectivity index (χ1v) is 25.4. The molecular weight excluding hydrogens is 845 g/mol. The first-order chi connectivity index (χ1) is 33.1. The lowest BCUT2D eigenvalue weighted by atomic mass is 9.85. The number of benzene rings is 9. The minimum absolute atomic E-state index is 0.0254. The molecule has 9 aromatic carbocycles. The highest BCUT2D eigenvalue weighted by molar-refractivity contribution is 6.11. The number of rotatable bonds is 5. The van der Waals surface area contributed by atoms with Gasteiger partial charge in [-0.3, -0.25) is 0 Å². The topological polar surface area (TPSA) is 9.86 Å². The fraction of sp³-hybridized carbons (Fsp3) is 0.265. The van der Waals surface area contributed by atoms with Crippen molar-refractivity contribution in [2.24, 2.45) is 0 Å². The molecule has 11 aromatic rings. The van der Waals surface area contributed by atoms with E-state index in [9.17, 15) is 0 Å². The average Bonchev–Trinajstić information content (AvgIpc) is 3.81. The fourth-order valence-electron chi connectivity index (χ4n) is 10.9. The zero-order valence-electron chi connectivity index (χ0n) is 43.7. The van der Waals surface area contributed by atoms with E-state index in [2.05, 4.69) is 263 Å². The molecule has 0 aliphatic carbocycles. The lowest BCUT2D eigenvalue weighted by Gasteiger charge is -2.20. The van der Waals surface area contributed by atoms with Crippen molar-refractivity contribution in [2.45, 2.75) is 118 Å². The van der Waals surface area contributed by atoms with Gasteiger partial charge in [0.1, 0.15) is 0 Å². The molecule has 0 aliphatic rings. The third-order valence-corrected chi connectivity index (χ3v) is 15.3. The van der Waals surface area contributed by atoms with E-state index in [1.54, 1.807) is 0 Å². The number of hydrogen-bond donors (Lipinski definition) is 0. The van der Waals surface area contributed by atoms with Crippen LogP contribution in [0.25, 0.3) is 87.7 Å². The molecule has 0 bridgehead atoms. The van der Waals surface area contributed by atoms with Gasteiger partial charge in [0, 0.05) is 32.9 Å². The lowest BCUT2D eigenvalue weighted by molar-refractivity contribution is 0.590. The SMILES string of the molecule is Cc1ccc(-n2c3ccc(C(C)(C)C)cc3c3cc(C(C)(C)C)ccc32)cc1-c1cc(-n2c3ccc(C(C)(C)C)cc3c3cc(C(C)(C)C)ccc32)ccc1Cc1ccc2cc3ccccc3cc2c1. The summed E-state index contributed by atoms with van der Waals surface area (Å²) in [5, 5.41) is 10.3.